The van der Waals surface area contributed by atoms with Crippen LogP contribution in [0, 0.1) is 5.92 Å². The number of nitrogens with one attached hydrogen (secondary N) is 2. The van der Waals surface area contributed by atoms with Crippen LogP contribution in [0.2, 0.25) is 0 Å². The predicted molar refractivity (Wildman–Crippen MR) is 117 cm³/mol. The van der Waals surface area contributed by atoms with Crippen molar-refractivity contribution >= 4 is 11.7 Å². The lowest BCUT2D eigenvalue weighted by Crippen LogP contribution is -2.38. The molecule has 4 rings (SSSR count). The Kier molecular flexibility index (Phi) is 6.78. The highest BCUT2D eigenvalue weighted by molar-refractivity contribution is 5.94. The van der Waals surface area contributed by atoms with Crippen molar-refractivity contribution in [2.24, 2.45) is 5.92 Å². The van der Waals surface area contributed by atoms with Gasteiger partial charge in [0.2, 0.25) is 0 Å². The molecule has 1 amide bonds. The zero-order chi connectivity index (χ0) is 19.9. The van der Waals surface area contributed by atoms with Gasteiger partial charge in [-0.05, 0) is 68.7 Å². The molecule has 1 aromatic heterocycles. The summed E-state index contributed by atoms with van der Waals surface area (Å²) < 4.78 is 0. The summed E-state index contributed by atoms with van der Waals surface area (Å²) in [6.07, 6.45) is 8.72. The number of pyridine rings is 1. The maximum atomic E-state index is 12.8. The molecular weight excluding hydrogens is 360 g/mol. The van der Waals surface area contributed by atoms with Gasteiger partial charge in [0.1, 0.15) is 5.82 Å². The van der Waals surface area contributed by atoms with Crippen molar-refractivity contribution in [1.82, 2.24) is 15.2 Å². The number of aromatic nitrogens is 1. The van der Waals surface area contributed by atoms with Gasteiger partial charge in [-0.1, -0.05) is 30.3 Å². The van der Waals surface area contributed by atoms with Gasteiger partial charge in [0.15, 0.2) is 0 Å². The molecule has 5 heteroatoms. The third-order valence-corrected chi connectivity index (χ3v) is 6.29. The maximum absolute atomic E-state index is 12.8. The molecule has 2 fully saturated rings. The van der Waals surface area contributed by atoms with E-state index in [1.54, 1.807) is 6.20 Å². The molecule has 1 atom stereocenters. The minimum absolute atomic E-state index is 0.114. The zero-order valence-corrected chi connectivity index (χ0v) is 17.1. The van der Waals surface area contributed by atoms with Crippen LogP contribution in [-0.4, -0.2) is 48.0 Å². The number of carbonyl (C=O) groups is 1. The molecule has 0 saturated carbocycles. The minimum atomic E-state index is 0.114. The first-order valence-corrected chi connectivity index (χ1v) is 11.0. The number of hydrogen-bond donors (Lipinski definition) is 2. The van der Waals surface area contributed by atoms with E-state index in [4.69, 9.17) is 0 Å². The van der Waals surface area contributed by atoms with Crippen LogP contribution in [0.3, 0.4) is 0 Å². The molecule has 0 aliphatic carbocycles. The van der Waals surface area contributed by atoms with Gasteiger partial charge in [0.05, 0.1) is 5.56 Å². The average molecular weight is 393 g/mol. The number of rotatable bonds is 7. The second-order valence-electron chi connectivity index (χ2n) is 8.37. The van der Waals surface area contributed by atoms with Gasteiger partial charge in [0, 0.05) is 31.9 Å². The zero-order valence-electron chi connectivity index (χ0n) is 17.1. The van der Waals surface area contributed by atoms with Crippen molar-refractivity contribution in [2.75, 3.05) is 31.5 Å². The highest BCUT2D eigenvalue weighted by atomic mass is 16.2. The molecule has 2 aromatic rings. The fourth-order valence-electron chi connectivity index (χ4n) is 4.41. The first-order valence-electron chi connectivity index (χ1n) is 11.0. The van der Waals surface area contributed by atoms with Gasteiger partial charge in [-0.3, -0.25) is 4.79 Å². The van der Waals surface area contributed by atoms with Gasteiger partial charge in [-0.2, -0.15) is 0 Å². The summed E-state index contributed by atoms with van der Waals surface area (Å²) in [7, 11) is 0. The molecule has 3 heterocycles. The maximum Gasteiger partial charge on any atom is 0.255 e. The standard InChI is InChI=1S/C24H32N4O/c29-24(21-10-11-23(26-17-21)27-18-22-7-4-14-25-22)28-15-12-20(13-16-28)9-8-19-5-2-1-3-6-19/h1-3,5-6,10-11,17,20,22,25H,4,7-9,12-16,18H2,(H,26,27)/t22-/m1/s1. The van der Waals surface area contributed by atoms with Crippen LogP contribution < -0.4 is 10.6 Å². The smallest absolute Gasteiger partial charge is 0.255 e. The van der Waals surface area contributed by atoms with E-state index < -0.39 is 0 Å². The number of amides is 1. The number of hydrogen-bond acceptors (Lipinski definition) is 4. The van der Waals surface area contributed by atoms with Crippen molar-refractivity contribution in [2.45, 2.75) is 44.6 Å². The summed E-state index contributed by atoms with van der Waals surface area (Å²) >= 11 is 0. The van der Waals surface area contributed by atoms with Crippen molar-refractivity contribution < 1.29 is 4.79 Å². The molecule has 2 aliphatic rings. The average Bonchev–Trinajstić information content (AvgIpc) is 3.31. The molecule has 2 saturated heterocycles. The molecule has 154 valence electrons. The summed E-state index contributed by atoms with van der Waals surface area (Å²) in [5.41, 5.74) is 2.10. The number of anilines is 1. The molecular formula is C24H32N4O. The molecule has 0 spiro atoms. The monoisotopic (exact) mass is 392 g/mol. The first kappa shape index (κ1) is 19.9. The second kappa shape index (κ2) is 9.88. The van der Waals surface area contributed by atoms with E-state index in [1.165, 1.54) is 24.8 Å². The van der Waals surface area contributed by atoms with E-state index in [-0.39, 0.29) is 5.91 Å². The lowest BCUT2D eigenvalue weighted by Gasteiger charge is -2.32. The molecule has 29 heavy (non-hydrogen) atoms. The third-order valence-electron chi connectivity index (χ3n) is 6.29. The highest BCUT2D eigenvalue weighted by Gasteiger charge is 2.23. The number of piperidine rings is 1. The van der Waals surface area contributed by atoms with E-state index in [2.05, 4.69) is 45.9 Å². The van der Waals surface area contributed by atoms with Crippen LogP contribution in [0.5, 0.6) is 0 Å². The Morgan fingerprint density at radius 3 is 2.62 bits per heavy atom. The molecule has 0 unspecified atom stereocenters. The fraction of sp³-hybridized carbons (Fsp3) is 0.500. The summed E-state index contributed by atoms with van der Waals surface area (Å²) in [6, 6.07) is 15.0. The number of aryl methyl sites for hydroxylation is 1. The van der Waals surface area contributed by atoms with E-state index in [1.807, 2.05) is 17.0 Å². The van der Waals surface area contributed by atoms with Crippen LogP contribution in [0.25, 0.3) is 0 Å². The summed E-state index contributed by atoms with van der Waals surface area (Å²) in [5.74, 6) is 1.67. The topological polar surface area (TPSA) is 57.3 Å². The van der Waals surface area contributed by atoms with Crippen LogP contribution in [0.4, 0.5) is 5.82 Å². The second-order valence-corrected chi connectivity index (χ2v) is 8.37. The van der Waals surface area contributed by atoms with Crippen molar-refractivity contribution in [3.63, 3.8) is 0 Å². The molecule has 5 nitrogen and oxygen atoms in total. The molecule has 2 N–H and O–H groups in total. The summed E-state index contributed by atoms with van der Waals surface area (Å²) in [5, 5.41) is 6.84. The molecule has 1 aromatic carbocycles. The summed E-state index contributed by atoms with van der Waals surface area (Å²) in [4.78, 5) is 19.3. The number of likely N-dealkylation sites (tertiary alicyclic amines) is 1. The summed E-state index contributed by atoms with van der Waals surface area (Å²) in [6.45, 7) is 3.70. The first-order chi connectivity index (χ1) is 14.3. The van der Waals surface area contributed by atoms with Crippen molar-refractivity contribution in [3.05, 3.63) is 59.8 Å². The van der Waals surface area contributed by atoms with Crippen LogP contribution in [0.15, 0.2) is 48.7 Å². The Labute approximate surface area is 173 Å². The van der Waals surface area contributed by atoms with Gasteiger partial charge in [-0.15, -0.1) is 0 Å². The lowest BCUT2D eigenvalue weighted by atomic mass is 9.90. The largest absolute Gasteiger partial charge is 0.369 e. The highest BCUT2D eigenvalue weighted by Crippen LogP contribution is 2.23. The normalized spacial score (nSPS) is 20.0. The van der Waals surface area contributed by atoms with E-state index in [9.17, 15) is 4.79 Å². The Hall–Kier alpha value is -2.40. The number of benzene rings is 1. The Balaban J connectivity index is 1.21. The van der Waals surface area contributed by atoms with Gasteiger partial charge >= 0.3 is 0 Å². The molecule has 2 aliphatic heterocycles. The van der Waals surface area contributed by atoms with Gasteiger partial charge in [0.25, 0.3) is 5.91 Å². The van der Waals surface area contributed by atoms with Gasteiger partial charge < -0.3 is 15.5 Å². The van der Waals surface area contributed by atoms with Crippen LogP contribution in [0.1, 0.15) is 48.0 Å². The van der Waals surface area contributed by atoms with Crippen molar-refractivity contribution in [3.8, 4) is 0 Å². The van der Waals surface area contributed by atoms with E-state index in [0.29, 0.717) is 17.5 Å². The third kappa shape index (κ3) is 5.57. The minimum Gasteiger partial charge on any atom is -0.369 e. The van der Waals surface area contributed by atoms with E-state index in [0.717, 1.165) is 51.3 Å². The molecule has 0 bridgehead atoms. The van der Waals surface area contributed by atoms with E-state index >= 15 is 0 Å². The molecule has 0 radical (unpaired) electrons. The Morgan fingerprint density at radius 1 is 1.10 bits per heavy atom. The Morgan fingerprint density at radius 2 is 1.93 bits per heavy atom. The van der Waals surface area contributed by atoms with Crippen molar-refractivity contribution in [1.29, 1.82) is 0 Å². The Bertz CT molecular complexity index is 763. The quantitative estimate of drug-likeness (QED) is 0.754. The van der Waals surface area contributed by atoms with Crippen LogP contribution >= 0.6 is 0 Å². The number of nitrogens with zero attached hydrogens (tertiary/aromatic N) is 2. The van der Waals surface area contributed by atoms with Gasteiger partial charge in [-0.25, -0.2) is 4.98 Å². The SMILES string of the molecule is O=C(c1ccc(NC[C@H]2CCCN2)nc1)N1CCC(CCc2ccccc2)CC1. The van der Waals surface area contributed by atoms with Crippen LogP contribution in [-0.2, 0) is 6.42 Å². The lowest BCUT2D eigenvalue weighted by molar-refractivity contribution is 0.0686. The number of carbonyl (C=O) groups excluding carboxylic acids is 1. The predicted octanol–water partition coefficient (Wildman–Crippen LogP) is 3.73. The fourth-order valence-corrected chi connectivity index (χ4v) is 4.41.